The predicted molar refractivity (Wildman–Crippen MR) is 149 cm³/mol. The lowest BCUT2D eigenvalue weighted by Gasteiger charge is -2.32. The number of hydrogen-bond donors (Lipinski definition) is 2. The van der Waals surface area contributed by atoms with E-state index in [0.717, 1.165) is 33.8 Å². The van der Waals surface area contributed by atoms with Crippen molar-refractivity contribution in [1.82, 2.24) is 24.4 Å². The summed E-state index contributed by atoms with van der Waals surface area (Å²) in [5, 5.41) is 12.8. The molecule has 3 heterocycles. The first-order valence-corrected chi connectivity index (χ1v) is 16.5. The molecule has 1 amide bonds. The third kappa shape index (κ3) is 5.27. The van der Waals surface area contributed by atoms with Gasteiger partial charge in [-0.3, -0.25) is 4.79 Å². The Balaban J connectivity index is 1.49. The van der Waals surface area contributed by atoms with Crippen LogP contribution in [0, 0.1) is 0 Å². The van der Waals surface area contributed by atoms with E-state index in [4.69, 9.17) is 4.74 Å². The average molecular weight is 532 g/mol. The molecular weight excluding hydrogens is 498 g/mol. The molecule has 38 heavy (non-hydrogen) atoms. The van der Waals surface area contributed by atoms with Gasteiger partial charge in [-0.05, 0) is 42.1 Å². The van der Waals surface area contributed by atoms with Gasteiger partial charge in [0, 0.05) is 50.6 Å². The van der Waals surface area contributed by atoms with E-state index in [-0.39, 0.29) is 12.1 Å². The van der Waals surface area contributed by atoms with E-state index in [1.807, 2.05) is 41.1 Å². The summed E-state index contributed by atoms with van der Waals surface area (Å²) in [4.78, 5) is 33.7. The fourth-order valence-electron chi connectivity index (χ4n) is 5.17. The normalized spacial score (nSPS) is 14.5. The van der Waals surface area contributed by atoms with Crippen molar-refractivity contribution in [3.05, 3.63) is 82.7 Å². The van der Waals surface area contributed by atoms with E-state index in [1.165, 1.54) is 12.4 Å². The van der Waals surface area contributed by atoms with Gasteiger partial charge in [-0.2, -0.15) is 0 Å². The van der Waals surface area contributed by atoms with E-state index in [2.05, 4.69) is 34.9 Å². The van der Waals surface area contributed by atoms with Crippen LogP contribution in [0.3, 0.4) is 0 Å². The summed E-state index contributed by atoms with van der Waals surface area (Å²) in [6, 6.07) is 14.4. The van der Waals surface area contributed by atoms with Crippen LogP contribution >= 0.6 is 0 Å². The molecule has 5 rings (SSSR count). The maximum atomic E-state index is 13.2. The van der Waals surface area contributed by atoms with Crippen LogP contribution in [0.25, 0.3) is 22.3 Å². The molecule has 0 bridgehead atoms. The van der Waals surface area contributed by atoms with E-state index in [0.29, 0.717) is 31.9 Å². The van der Waals surface area contributed by atoms with Gasteiger partial charge in [0.1, 0.15) is 18.7 Å². The van der Waals surface area contributed by atoms with Crippen molar-refractivity contribution < 1.29 is 14.6 Å². The largest absolute Gasteiger partial charge is 0.465 e. The third-order valence-corrected chi connectivity index (χ3v) is 8.91. The number of carboxylic acid groups (broad SMARTS) is 1. The van der Waals surface area contributed by atoms with Crippen molar-refractivity contribution in [3.8, 4) is 11.3 Å². The Labute approximate surface area is 222 Å². The van der Waals surface area contributed by atoms with Crippen LogP contribution in [0.5, 0.6) is 0 Å². The standard InChI is InChI=1S/C28H33N5O4Si/c1-38(2,3)13-12-37-19-32-11-10-23-25(30-18-31-26(23)32)22-8-9-24(34)33(16-22)28(17-29-27(35)36)14-20-6-4-5-7-21(20)15-28/h4-11,16,18,29H,12-15,17,19H2,1-3H3,(H,35,36). The topological polar surface area (TPSA) is 111 Å². The first-order valence-electron chi connectivity index (χ1n) is 12.8. The Kier molecular flexibility index (Phi) is 6.93. The number of nitrogens with one attached hydrogen (secondary N) is 1. The number of carbonyl (C=O) groups is 1. The molecule has 9 nitrogen and oxygen atoms in total. The predicted octanol–water partition coefficient (Wildman–Crippen LogP) is 4.33. The summed E-state index contributed by atoms with van der Waals surface area (Å²) >= 11 is 0. The Bertz CT molecular complexity index is 1510. The van der Waals surface area contributed by atoms with Gasteiger partial charge in [0.2, 0.25) is 0 Å². The fraction of sp³-hybridized carbons (Fsp3) is 0.357. The van der Waals surface area contributed by atoms with Crippen LogP contribution in [0.15, 0.2) is 66.0 Å². The molecule has 0 spiro atoms. The SMILES string of the molecule is C[Si](C)(C)CCOCn1ccc2c(-c3ccc(=O)n(C4(CNC(=O)O)Cc5ccccc5C4)c3)ncnc21. The quantitative estimate of drug-likeness (QED) is 0.246. The number of benzene rings is 1. The van der Waals surface area contributed by atoms with Gasteiger partial charge < -0.3 is 24.3 Å². The van der Waals surface area contributed by atoms with Crippen molar-refractivity contribution >= 4 is 25.2 Å². The molecule has 2 N–H and O–H groups in total. The highest BCUT2D eigenvalue weighted by Gasteiger charge is 2.40. The molecule has 1 aliphatic rings. The van der Waals surface area contributed by atoms with Crippen LogP contribution < -0.4 is 10.9 Å². The summed E-state index contributed by atoms with van der Waals surface area (Å²) in [6.07, 6.45) is 5.27. The summed E-state index contributed by atoms with van der Waals surface area (Å²) in [5.74, 6) is 0. The van der Waals surface area contributed by atoms with E-state index in [1.54, 1.807) is 16.8 Å². The Hall–Kier alpha value is -3.76. The summed E-state index contributed by atoms with van der Waals surface area (Å²) in [5.41, 5.74) is 3.53. The molecule has 4 aromatic rings. The lowest BCUT2D eigenvalue weighted by atomic mass is 9.94. The molecule has 0 saturated carbocycles. The second-order valence-electron chi connectivity index (χ2n) is 11.2. The average Bonchev–Trinajstić information content (AvgIpc) is 3.47. The van der Waals surface area contributed by atoms with Gasteiger partial charge in [-0.15, -0.1) is 0 Å². The second kappa shape index (κ2) is 10.2. The van der Waals surface area contributed by atoms with Crippen LogP contribution in [0.4, 0.5) is 4.79 Å². The molecule has 10 heteroatoms. The van der Waals surface area contributed by atoms with Gasteiger partial charge in [-0.25, -0.2) is 14.8 Å². The first kappa shape index (κ1) is 25.9. The molecule has 198 valence electrons. The molecule has 0 saturated heterocycles. The van der Waals surface area contributed by atoms with Gasteiger partial charge in [0.05, 0.1) is 11.2 Å². The molecule has 0 aliphatic heterocycles. The third-order valence-electron chi connectivity index (χ3n) is 7.20. The minimum Gasteiger partial charge on any atom is -0.465 e. The van der Waals surface area contributed by atoms with Gasteiger partial charge in [0.15, 0.2) is 0 Å². The van der Waals surface area contributed by atoms with Crippen LogP contribution in [-0.2, 0) is 29.8 Å². The van der Waals surface area contributed by atoms with Gasteiger partial charge in [0.25, 0.3) is 5.56 Å². The monoisotopic (exact) mass is 531 g/mol. The molecule has 1 aromatic carbocycles. The van der Waals surface area contributed by atoms with E-state index < -0.39 is 19.7 Å². The second-order valence-corrected chi connectivity index (χ2v) is 16.8. The zero-order valence-electron chi connectivity index (χ0n) is 22.0. The maximum absolute atomic E-state index is 13.2. The molecule has 1 aliphatic carbocycles. The molecule has 3 aromatic heterocycles. The Morgan fingerprint density at radius 2 is 1.84 bits per heavy atom. The maximum Gasteiger partial charge on any atom is 0.404 e. The number of aromatic nitrogens is 4. The first-order chi connectivity index (χ1) is 18.2. The molecule has 0 unspecified atom stereocenters. The molecular formula is C28H33N5O4Si. The molecule has 0 fully saturated rings. The summed E-state index contributed by atoms with van der Waals surface area (Å²) in [7, 11) is -1.17. The lowest BCUT2D eigenvalue weighted by molar-refractivity contribution is 0.0899. The number of hydrogen-bond acceptors (Lipinski definition) is 5. The summed E-state index contributed by atoms with van der Waals surface area (Å²) < 4.78 is 9.59. The van der Waals surface area contributed by atoms with Crippen molar-refractivity contribution in [2.24, 2.45) is 0 Å². The minimum absolute atomic E-state index is 0.116. The minimum atomic E-state index is -1.17. The van der Waals surface area contributed by atoms with Crippen molar-refractivity contribution in [2.75, 3.05) is 13.2 Å². The Morgan fingerprint density at radius 3 is 2.53 bits per heavy atom. The lowest BCUT2D eigenvalue weighted by Crippen LogP contribution is -2.49. The van der Waals surface area contributed by atoms with Gasteiger partial charge >= 0.3 is 6.09 Å². The van der Waals surface area contributed by atoms with Crippen molar-refractivity contribution in [1.29, 1.82) is 0 Å². The zero-order valence-corrected chi connectivity index (χ0v) is 23.0. The molecule has 0 radical (unpaired) electrons. The number of fused-ring (bicyclic) bond motifs is 2. The highest BCUT2D eigenvalue weighted by atomic mass is 28.3. The number of nitrogens with zero attached hydrogens (tertiary/aromatic N) is 4. The zero-order chi connectivity index (χ0) is 26.9. The smallest absolute Gasteiger partial charge is 0.404 e. The fourth-order valence-corrected chi connectivity index (χ4v) is 5.93. The highest BCUT2D eigenvalue weighted by molar-refractivity contribution is 6.76. The van der Waals surface area contributed by atoms with E-state index in [9.17, 15) is 14.7 Å². The van der Waals surface area contributed by atoms with Gasteiger partial charge in [-0.1, -0.05) is 43.9 Å². The number of amides is 1. The van der Waals surface area contributed by atoms with Crippen molar-refractivity contribution in [3.63, 3.8) is 0 Å². The van der Waals surface area contributed by atoms with Crippen LogP contribution in [-0.4, -0.2) is 51.5 Å². The molecule has 0 atom stereocenters. The number of ether oxygens (including phenoxy) is 1. The summed E-state index contributed by atoms with van der Waals surface area (Å²) in [6.45, 7) is 8.22. The Morgan fingerprint density at radius 1 is 1.11 bits per heavy atom. The van der Waals surface area contributed by atoms with Crippen LogP contribution in [0.2, 0.25) is 25.7 Å². The van der Waals surface area contributed by atoms with E-state index >= 15 is 0 Å². The number of pyridine rings is 1. The number of rotatable bonds is 9. The van der Waals surface area contributed by atoms with Crippen molar-refractivity contribution in [2.45, 2.75) is 50.8 Å². The van der Waals surface area contributed by atoms with Crippen LogP contribution in [0.1, 0.15) is 11.1 Å². The highest BCUT2D eigenvalue weighted by Crippen LogP contribution is 2.36.